The minimum Gasteiger partial charge on any atom is -0.0622 e. The molecule has 0 aromatic heterocycles. The summed E-state index contributed by atoms with van der Waals surface area (Å²) in [7, 11) is 0. The first kappa shape index (κ1) is 6.69. The van der Waals surface area contributed by atoms with Crippen LogP contribution < -0.4 is 0 Å². The fourth-order valence-corrected chi connectivity index (χ4v) is 3.15. The normalized spacial score (nSPS) is 59.7. The van der Waals surface area contributed by atoms with Crippen LogP contribution in [0.15, 0.2) is 0 Å². The lowest BCUT2D eigenvalue weighted by Crippen LogP contribution is -2.55. The minimum atomic E-state index is 0.833. The summed E-state index contributed by atoms with van der Waals surface area (Å²) in [5.41, 5.74) is 0.833. The predicted octanol–water partition coefficient (Wildman–Crippen LogP) is 3.08. The quantitative estimate of drug-likeness (QED) is 0.482. The Hall–Kier alpha value is 0. The minimum absolute atomic E-state index is 0.833. The molecule has 1 spiro atoms. The Labute approximate surface area is 64.0 Å². The Morgan fingerprint density at radius 1 is 1.20 bits per heavy atom. The molecule has 2 saturated carbocycles. The maximum Gasteiger partial charge on any atom is -0.0241 e. The molecule has 2 rings (SSSR count). The highest BCUT2D eigenvalue weighted by Gasteiger charge is 2.56. The highest BCUT2D eigenvalue weighted by atomic mass is 14.6. The van der Waals surface area contributed by atoms with Crippen molar-refractivity contribution in [3.63, 3.8) is 0 Å². The maximum atomic E-state index is 2.45. The van der Waals surface area contributed by atoms with Crippen molar-refractivity contribution in [2.24, 2.45) is 23.2 Å². The van der Waals surface area contributed by atoms with Gasteiger partial charge < -0.3 is 0 Å². The molecule has 2 aliphatic rings. The van der Waals surface area contributed by atoms with Gasteiger partial charge in [-0.3, -0.25) is 0 Å². The summed E-state index contributed by atoms with van der Waals surface area (Å²) >= 11 is 0. The second-order valence-corrected chi connectivity index (χ2v) is 4.64. The van der Waals surface area contributed by atoms with E-state index in [4.69, 9.17) is 0 Å². The molecule has 0 aromatic rings. The van der Waals surface area contributed by atoms with Crippen molar-refractivity contribution in [2.75, 3.05) is 0 Å². The molecule has 0 heterocycles. The van der Waals surface area contributed by atoms with E-state index in [-0.39, 0.29) is 0 Å². The van der Waals surface area contributed by atoms with E-state index in [2.05, 4.69) is 20.8 Å². The van der Waals surface area contributed by atoms with E-state index in [1.165, 1.54) is 19.3 Å². The highest BCUT2D eigenvalue weighted by molar-refractivity contribution is 5.05. The van der Waals surface area contributed by atoms with Gasteiger partial charge in [0.1, 0.15) is 0 Å². The SMILES string of the molecule is CC1CC2(CCC2C)C1C. The molecule has 0 bridgehead atoms. The second-order valence-electron chi connectivity index (χ2n) is 4.64. The topological polar surface area (TPSA) is 0 Å². The third-order valence-corrected chi connectivity index (χ3v) is 4.49. The summed E-state index contributed by atoms with van der Waals surface area (Å²) in [6.07, 6.45) is 4.55. The number of hydrogen-bond acceptors (Lipinski definition) is 0. The summed E-state index contributed by atoms with van der Waals surface area (Å²) < 4.78 is 0. The smallest absolute Gasteiger partial charge is 0.0241 e. The van der Waals surface area contributed by atoms with Gasteiger partial charge in [-0.15, -0.1) is 0 Å². The molecule has 2 fully saturated rings. The van der Waals surface area contributed by atoms with Crippen molar-refractivity contribution in [1.29, 1.82) is 0 Å². The van der Waals surface area contributed by atoms with Crippen LogP contribution in [-0.2, 0) is 0 Å². The van der Waals surface area contributed by atoms with Crippen molar-refractivity contribution >= 4 is 0 Å². The highest BCUT2D eigenvalue weighted by Crippen LogP contribution is 2.65. The molecule has 4 unspecified atom stereocenters. The van der Waals surface area contributed by atoms with Crippen LogP contribution in [0.2, 0.25) is 0 Å². The van der Waals surface area contributed by atoms with Gasteiger partial charge in [-0.05, 0) is 42.4 Å². The lowest BCUT2D eigenvalue weighted by molar-refractivity contribution is -0.136. The van der Waals surface area contributed by atoms with Gasteiger partial charge in [0.25, 0.3) is 0 Å². The van der Waals surface area contributed by atoms with Gasteiger partial charge in [-0.1, -0.05) is 20.8 Å². The lowest BCUT2D eigenvalue weighted by atomic mass is 9.42. The Morgan fingerprint density at radius 2 is 1.90 bits per heavy atom. The molecule has 58 valence electrons. The average Bonchev–Trinajstić information content (AvgIpc) is 1.95. The number of hydrogen-bond donors (Lipinski definition) is 0. The van der Waals surface area contributed by atoms with Crippen LogP contribution in [0.1, 0.15) is 40.0 Å². The summed E-state index contributed by atoms with van der Waals surface area (Å²) in [6.45, 7) is 7.29. The van der Waals surface area contributed by atoms with E-state index < -0.39 is 0 Å². The molecule has 0 aliphatic heterocycles. The predicted molar refractivity (Wildman–Crippen MR) is 43.8 cm³/mol. The third-order valence-electron chi connectivity index (χ3n) is 4.49. The molecule has 0 aromatic carbocycles. The van der Waals surface area contributed by atoms with Crippen molar-refractivity contribution in [2.45, 2.75) is 40.0 Å². The van der Waals surface area contributed by atoms with E-state index in [0.29, 0.717) is 0 Å². The molecule has 2 aliphatic carbocycles. The fraction of sp³-hybridized carbons (Fsp3) is 1.00. The van der Waals surface area contributed by atoms with Crippen LogP contribution in [-0.4, -0.2) is 0 Å². The first-order valence-electron chi connectivity index (χ1n) is 4.67. The zero-order valence-corrected chi connectivity index (χ0v) is 7.35. The van der Waals surface area contributed by atoms with Crippen LogP contribution in [0.25, 0.3) is 0 Å². The second kappa shape index (κ2) is 1.78. The summed E-state index contributed by atoms with van der Waals surface area (Å²) in [5.74, 6) is 3.08. The van der Waals surface area contributed by atoms with Crippen LogP contribution in [0, 0.1) is 23.2 Å². The van der Waals surface area contributed by atoms with Gasteiger partial charge >= 0.3 is 0 Å². The van der Waals surface area contributed by atoms with Gasteiger partial charge in [-0.2, -0.15) is 0 Å². The Balaban J connectivity index is 2.06. The van der Waals surface area contributed by atoms with Crippen LogP contribution >= 0.6 is 0 Å². The summed E-state index contributed by atoms with van der Waals surface area (Å²) in [5, 5.41) is 0. The molecule has 0 heteroatoms. The molecule has 4 atom stereocenters. The van der Waals surface area contributed by atoms with E-state index in [1.807, 2.05) is 0 Å². The van der Waals surface area contributed by atoms with Gasteiger partial charge in [0.15, 0.2) is 0 Å². The van der Waals surface area contributed by atoms with Gasteiger partial charge in [-0.25, -0.2) is 0 Å². The molecule has 0 saturated heterocycles. The van der Waals surface area contributed by atoms with Gasteiger partial charge in [0.2, 0.25) is 0 Å². The first-order chi connectivity index (χ1) is 4.67. The Morgan fingerprint density at radius 3 is 2.00 bits per heavy atom. The Kier molecular flexibility index (Phi) is 1.19. The van der Waals surface area contributed by atoms with Crippen LogP contribution in [0.3, 0.4) is 0 Å². The standard InChI is InChI=1S/C10H18/c1-7-6-10(9(7)3)5-4-8(10)2/h7-9H,4-6H2,1-3H3. The molecule has 0 radical (unpaired) electrons. The van der Waals surface area contributed by atoms with E-state index >= 15 is 0 Å². The summed E-state index contributed by atoms with van der Waals surface area (Å²) in [4.78, 5) is 0. The van der Waals surface area contributed by atoms with Crippen LogP contribution in [0.5, 0.6) is 0 Å². The van der Waals surface area contributed by atoms with Crippen molar-refractivity contribution in [3.05, 3.63) is 0 Å². The molecule has 0 amide bonds. The summed E-state index contributed by atoms with van der Waals surface area (Å²) in [6, 6.07) is 0. The van der Waals surface area contributed by atoms with Crippen molar-refractivity contribution in [3.8, 4) is 0 Å². The zero-order valence-electron chi connectivity index (χ0n) is 7.35. The monoisotopic (exact) mass is 138 g/mol. The average molecular weight is 138 g/mol. The van der Waals surface area contributed by atoms with Crippen molar-refractivity contribution in [1.82, 2.24) is 0 Å². The molecule has 10 heavy (non-hydrogen) atoms. The molecular formula is C10H18. The van der Waals surface area contributed by atoms with E-state index in [9.17, 15) is 0 Å². The fourth-order valence-electron chi connectivity index (χ4n) is 3.15. The van der Waals surface area contributed by atoms with Gasteiger partial charge in [0.05, 0.1) is 0 Å². The lowest BCUT2D eigenvalue weighted by Gasteiger charge is -2.63. The number of rotatable bonds is 0. The largest absolute Gasteiger partial charge is 0.0622 e. The maximum absolute atomic E-state index is 2.45. The Bertz CT molecular complexity index is 150. The molecular weight excluding hydrogens is 120 g/mol. The molecule has 0 N–H and O–H groups in total. The van der Waals surface area contributed by atoms with Crippen LogP contribution in [0.4, 0.5) is 0 Å². The van der Waals surface area contributed by atoms with E-state index in [0.717, 1.165) is 23.2 Å². The van der Waals surface area contributed by atoms with Crippen molar-refractivity contribution < 1.29 is 0 Å². The molecule has 0 nitrogen and oxygen atoms in total. The van der Waals surface area contributed by atoms with E-state index in [1.54, 1.807) is 0 Å². The van der Waals surface area contributed by atoms with Gasteiger partial charge in [0, 0.05) is 0 Å². The first-order valence-corrected chi connectivity index (χ1v) is 4.67. The zero-order chi connectivity index (χ0) is 7.35. The third kappa shape index (κ3) is 0.538.